The van der Waals surface area contributed by atoms with Gasteiger partial charge in [0.2, 0.25) is 0 Å². The maximum atomic E-state index is 12.9. The zero-order chi connectivity index (χ0) is 24.4. The van der Waals surface area contributed by atoms with Gasteiger partial charge in [0.25, 0.3) is 0 Å². The molecule has 0 atom stereocenters. The summed E-state index contributed by atoms with van der Waals surface area (Å²) in [5.74, 6) is 0.793. The van der Waals surface area contributed by atoms with Crippen LogP contribution in [0.25, 0.3) is 17.0 Å². The second-order valence-electron chi connectivity index (χ2n) is 8.47. The molecule has 4 aromatic rings. The number of pyridine rings is 1. The fraction of sp³-hybridized carbons (Fsp3) is 0.138. The highest BCUT2D eigenvalue weighted by Crippen LogP contribution is 2.31. The molecule has 0 aliphatic heterocycles. The van der Waals surface area contributed by atoms with E-state index in [1.807, 2.05) is 24.3 Å². The minimum atomic E-state index is -0.201. The molecule has 1 heterocycles. The van der Waals surface area contributed by atoms with Gasteiger partial charge in [-0.1, -0.05) is 36.4 Å². The van der Waals surface area contributed by atoms with Crippen molar-refractivity contribution in [2.45, 2.75) is 26.1 Å². The molecule has 3 aromatic carbocycles. The first kappa shape index (κ1) is 22.7. The predicted octanol–water partition coefficient (Wildman–Crippen LogP) is 4.33. The number of Topliss-reactive ketones (excluding diaryl/α,β-unsaturated/α-hetero) is 2. The first-order chi connectivity index (χ1) is 17.1. The Balaban J connectivity index is 1.34. The van der Waals surface area contributed by atoms with Crippen LogP contribution in [-0.2, 0) is 35.6 Å². The number of rotatable bonds is 7. The van der Waals surface area contributed by atoms with Gasteiger partial charge in [-0.25, -0.2) is 0 Å². The lowest BCUT2D eigenvalue weighted by Crippen LogP contribution is -2.20. The molecule has 0 saturated heterocycles. The van der Waals surface area contributed by atoms with Crippen LogP contribution in [0.3, 0.4) is 0 Å². The fourth-order valence-corrected chi connectivity index (χ4v) is 4.30. The van der Waals surface area contributed by atoms with Crippen molar-refractivity contribution in [1.82, 2.24) is 4.98 Å². The summed E-state index contributed by atoms with van der Waals surface area (Å²) in [6, 6.07) is 20.0. The molecule has 5 rings (SSSR count). The van der Waals surface area contributed by atoms with Gasteiger partial charge in [0.1, 0.15) is 11.5 Å². The third kappa shape index (κ3) is 4.62. The number of fused-ring (bicyclic) bond motifs is 2. The maximum Gasteiger partial charge on any atom is 0.170 e. The summed E-state index contributed by atoms with van der Waals surface area (Å²) in [7, 11) is 0. The molecular formula is C29H23NO5. The maximum absolute atomic E-state index is 12.9. The van der Waals surface area contributed by atoms with E-state index in [0.29, 0.717) is 28.1 Å². The molecule has 0 unspecified atom stereocenters. The Morgan fingerprint density at radius 1 is 0.943 bits per heavy atom. The number of nitrogens with zero attached hydrogens (tertiary/aromatic N) is 1. The minimum absolute atomic E-state index is 0.127. The molecular weight excluding hydrogens is 442 g/mol. The van der Waals surface area contributed by atoms with Crippen LogP contribution in [0.5, 0.6) is 11.5 Å². The average Bonchev–Trinajstić information content (AvgIpc) is 2.88. The van der Waals surface area contributed by atoms with Crippen molar-refractivity contribution >= 4 is 28.5 Å². The SMILES string of the molecule is O=C(Cc1ccc(Oc2ccnc3cc(CO)c(CO)cc23)cc1)C1=Cc2ccccc2CC1=O. The van der Waals surface area contributed by atoms with Crippen LogP contribution in [0.2, 0.25) is 0 Å². The lowest BCUT2D eigenvalue weighted by Gasteiger charge is -2.15. The number of allylic oxidation sites excluding steroid dienone is 1. The van der Waals surface area contributed by atoms with Crippen LogP contribution in [0, 0.1) is 0 Å². The van der Waals surface area contributed by atoms with E-state index < -0.39 is 0 Å². The first-order valence-corrected chi connectivity index (χ1v) is 11.3. The number of carbonyl (C=O) groups excluding carboxylic acids is 2. The Hall–Kier alpha value is -4.13. The van der Waals surface area contributed by atoms with Crippen molar-refractivity contribution in [2.75, 3.05) is 0 Å². The summed E-state index contributed by atoms with van der Waals surface area (Å²) in [4.78, 5) is 29.7. The molecule has 2 N–H and O–H groups in total. The second-order valence-corrected chi connectivity index (χ2v) is 8.47. The second kappa shape index (κ2) is 9.62. The summed E-state index contributed by atoms with van der Waals surface area (Å²) < 4.78 is 6.06. The van der Waals surface area contributed by atoms with Gasteiger partial charge >= 0.3 is 0 Å². The summed E-state index contributed by atoms with van der Waals surface area (Å²) in [6.07, 6.45) is 3.69. The van der Waals surface area contributed by atoms with Gasteiger partial charge in [-0.2, -0.15) is 0 Å². The van der Waals surface area contributed by atoms with Gasteiger partial charge in [-0.3, -0.25) is 14.6 Å². The Labute approximate surface area is 202 Å². The number of aromatic nitrogens is 1. The molecule has 1 aromatic heterocycles. The van der Waals surface area contributed by atoms with Crippen molar-refractivity contribution in [1.29, 1.82) is 0 Å². The zero-order valence-corrected chi connectivity index (χ0v) is 18.9. The van der Waals surface area contributed by atoms with Gasteiger partial charge in [-0.05, 0) is 64.2 Å². The Kier molecular flexibility index (Phi) is 6.23. The highest BCUT2D eigenvalue weighted by molar-refractivity contribution is 6.25. The predicted molar refractivity (Wildman–Crippen MR) is 132 cm³/mol. The number of benzene rings is 3. The fourth-order valence-electron chi connectivity index (χ4n) is 4.30. The number of hydrogen-bond donors (Lipinski definition) is 2. The van der Waals surface area contributed by atoms with E-state index in [-0.39, 0.29) is 43.2 Å². The Morgan fingerprint density at radius 3 is 2.46 bits per heavy atom. The number of aliphatic hydroxyl groups excluding tert-OH is 2. The van der Waals surface area contributed by atoms with Crippen molar-refractivity contribution in [3.05, 3.63) is 106 Å². The van der Waals surface area contributed by atoms with Crippen LogP contribution in [0.4, 0.5) is 0 Å². The largest absolute Gasteiger partial charge is 0.457 e. The van der Waals surface area contributed by atoms with Crippen LogP contribution in [-0.4, -0.2) is 26.8 Å². The third-order valence-corrected chi connectivity index (χ3v) is 6.19. The van der Waals surface area contributed by atoms with Crippen molar-refractivity contribution in [3.63, 3.8) is 0 Å². The summed E-state index contributed by atoms with van der Waals surface area (Å²) in [5.41, 5.74) is 4.77. The highest BCUT2D eigenvalue weighted by Gasteiger charge is 2.23. The van der Waals surface area contributed by atoms with E-state index in [4.69, 9.17) is 4.74 Å². The standard InChI is InChI=1S/C29H23NO5/c31-16-21-13-24-26(14-22(21)17-32)30-10-9-29(24)35-23-7-5-18(6-8-23)11-27(33)25-12-19-3-1-2-4-20(19)15-28(25)34/h1-10,12-14,31-32H,11,15-17H2. The molecule has 6 nitrogen and oxygen atoms in total. The van der Waals surface area contributed by atoms with E-state index in [2.05, 4.69) is 4.98 Å². The number of ether oxygens (including phenoxy) is 1. The van der Waals surface area contributed by atoms with Crippen molar-refractivity contribution in [2.24, 2.45) is 0 Å². The quantitative estimate of drug-likeness (QED) is 0.395. The lowest BCUT2D eigenvalue weighted by atomic mass is 9.88. The van der Waals surface area contributed by atoms with Crippen molar-refractivity contribution < 1.29 is 24.5 Å². The molecule has 0 fully saturated rings. The van der Waals surface area contributed by atoms with Crippen LogP contribution in [0.1, 0.15) is 27.8 Å². The van der Waals surface area contributed by atoms with Crippen molar-refractivity contribution in [3.8, 4) is 11.5 Å². The van der Waals surface area contributed by atoms with Crippen LogP contribution >= 0.6 is 0 Å². The molecule has 6 heteroatoms. The molecule has 174 valence electrons. The van der Waals surface area contributed by atoms with Gasteiger partial charge in [0.05, 0.1) is 24.3 Å². The van der Waals surface area contributed by atoms with E-state index in [1.54, 1.807) is 54.7 Å². The topological polar surface area (TPSA) is 96.7 Å². The normalized spacial score (nSPS) is 12.9. The zero-order valence-electron chi connectivity index (χ0n) is 18.9. The molecule has 0 bridgehead atoms. The van der Waals surface area contributed by atoms with E-state index in [0.717, 1.165) is 22.1 Å². The Morgan fingerprint density at radius 2 is 1.69 bits per heavy atom. The lowest BCUT2D eigenvalue weighted by molar-refractivity contribution is -0.120. The number of ketones is 2. The minimum Gasteiger partial charge on any atom is -0.457 e. The molecule has 1 aliphatic carbocycles. The van der Waals surface area contributed by atoms with E-state index in [1.165, 1.54) is 0 Å². The first-order valence-electron chi connectivity index (χ1n) is 11.3. The Bertz CT molecular complexity index is 1470. The van der Waals surface area contributed by atoms with Gasteiger partial charge in [0.15, 0.2) is 11.6 Å². The molecule has 0 spiro atoms. The van der Waals surface area contributed by atoms with E-state index >= 15 is 0 Å². The smallest absolute Gasteiger partial charge is 0.170 e. The molecule has 0 amide bonds. The number of hydrogen-bond acceptors (Lipinski definition) is 6. The third-order valence-electron chi connectivity index (χ3n) is 6.19. The molecule has 35 heavy (non-hydrogen) atoms. The highest BCUT2D eigenvalue weighted by atomic mass is 16.5. The number of aliphatic hydroxyl groups is 2. The molecule has 1 aliphatic rings. The number of carbonyl (C=O) groups is 2. The van der Waals surface area contributed by atoms with Crippen LogP contribution in [0.15, 0.2) is 78.5 Å². The van der Waals surface area contributed by atoms with Gasteiger partial charge in [-0.15, -0.1) is 0 Å². The monoisotopic (exact) mass is 465 g/mol. The van der Waals surface area contributed by atoms with Gasteiger partial charge in [0, 0.05) is 24.4 Å². The summed E-state index contributed by atoms with van der Waals surface area (Å²) in [5, 5.41) is 19.9. The molecule has 0 radical (unpaired) electrons. The summed E-state index contributed by atoms with van der Waals surface area (Å²) in [6.45, 7) is -0.388. The average molecular weight is 466 g/mol. The van der Waals surface area contributed by atoms with Crippen LogP contribution < -0.4 is 4.74 Å². The van der Waals surface area contributed by atoms with E-state index in [9.17, 15) is 19.8 Å². The van der Waals surface area contributed by atoms with Gasteiger partial charge < -0.3 is 14.9 Å². The summed E-state index contributed by atoms with van der Waals surface area (Å²) >= 11 is 0. The molecule has 0 saturated carbocycles.